The summed E-state index contributed by atoms with van der Waals surface area (Å²) in [4.78, 5) is 29.8. The molecule has 8 heteroatoms. The minimum Gasteiger partial charge on any atom is -0.309 e. The number of aromatic amines is 1. The van der Waals surface area contributed by atoms with E-state index in [2.05, 4.69) is 9.97 Å². The number of non-ortho nitro benzene ring substituents is 1. The topological polar surface area (TPSA) is 88.9 Å². The van der Waals surface area contributed by atoms with Gasteiger partial charge in [0.05, 0.1) is 16.2 Å². The molecule has 3 aromatic rings. The van der Waals surface area contributed by atoms with Crippen molar-refractivity contribution in [3.63, 3.8) is 0 Å². The lowest BCUT2D eigenvalue weighted by Crippen LogP contribution is -2.10. The monoisotopic (exact) mass is 321 g/mol. The van der Waals surface area contributed by atoms with Gasteiger partial charge in [0, 0.05) is 23.1 Å². The predicted molar refractivity (Wildman–Crippen MR) is 81.9 cm³/mol. The number of aromatic nitrogens is 2. The van der Waals surface area contributed by atoms with Gasteiger partial charge in [-0.05, 0) is 17.7 Å². The molecule has 0 fully saturated rings. The molecular weight excluding hydrogens is 314 g/mol. The van der Waals surface area contributed by atoms with Gasteiger partial charge in [-0.1, -0.05) is 0 Å². The molecule has 0 unspecified atom stereocenters. The summed E-state index contributed by atoms with van der Waals surface area (Å²) in [7, 11) is 0. The van der Waals surface area contributed by atoms with Crippen LogP contribution in [-0.4, -0.2) is 14.9 Å². The first-order valence-corrected chi connectivity index (χ1v) is 7.32. The van der Waals surface area contributed by atoms with E-state index in [9.17, 15) is 14.9 Å². The van der Waals surface area contributed by atoms with Gasteiger partial charge in [-0.15, -0.1) is 22.9 Å². The Bertz CT molecular complexity index is 886. The van der Waals surface area contributed by atoms with E-state index in [1.54, 1.807) is 12.1 Å². The number of rotatable bonds is 3. The molecule has 0 bridgehead atoms. The molecule has 0 atom stereocenters. The highest BCUT2D eigenvalue weighted by Gasteiger charge is 2.13. The van der Waals surface area contributed by atoms with E-state index in [0.717, 1.165) is 5.56 Å². The minimum atomic E-state index is -0.462. The SMILES string of the molecule is O=c1[nH]c(CCl)nc2scc(-c3ccc([N+](=O)[O-])cc3)c12. The number of nitrogens with one attached hydrogen (secondary N) is 1. The maximum atomic E-state index is 12.1. The van der Waals surface area contributed by atoms with Gasteiger partial charge >= 0.3 is 0 Å². The van der Waals surface area contributed by atoms with Crippen molar-refractivity contribution in [3.05, 3.63) is 55.9 Å². The summed E-state index contributed by atoms with van der Waals surface area (Å²) < 4.78 is 0. The molecular formula is C13H8ClN3O3S. The molecule has 106 valence electrons. The molecule has 0 saturated heterocycles. The Kier molecular flexibility index (Phi) is 3.44. The molecule has 1 N–H and O–H groups in total. The van der Waals surface area contributed by atoms with Crippen molar-refractivity contribution in [1.29, 1.82) is 0 Å². The third-order valence-electron chi connectivity index (χ3n) is 3.01. The maximum Gasteiger partial charge on any atom is 0.269 e. The molecule has 2 aromatic heterocycles. The van der Waals surface area contributed by atoms with Crippen molar-refractivity contribution in [1.82, 2.24) is 9.97 Å². The lowest BCUT2D eigenvalue weighted by atomic mass is 10.1. The smallest absolute Gasteiger partial charge is 0.269 e. The van der Waals surface area contributed by atoms with Gasteiger partial charge in [-0.3, -0.25) is 14.9 Å². The third-order valence-corrected chi connectivity index (χ3v) is 4.13. The molecule has 0 spiro atoms. The van der Waals surface area contributed by atoms with Gasteiger partial charge < -0.3 is 4.98 Å². The fourth-order valence-electron chi connectivity index (χ4n) is 2.03. The van der Waals surface area contributed by atoms with E-state index < -0.39 is 4.92 Å². The molecule has 0 aliphatic rings. The van der Waals surface area contributed by atoms with Gasteiger partial charge in [0.1, 0.15) is 10.7 Å². The number of nitro groups is 1. The van der Waals surface area contributed by atoms with E-state index in [-0.39, 0.29) is 17.1 Å². The molecule has 0 aliphatic carbocycles. The average molecular weight is 322 g/mol. The second-order valence-electron chi connectivity index (χ2n) is 4.28. The molecule has 6 nitrogen and oxygen atoms in total. The number of fused-ring (bicyclic) bond motifs is 1. The van der Waals surface area contributed by atoms with E-state index in [1.807, 2.05) is 5.38 Å². The minimum absolute atomic E-state index is 0.00902. The van der Waals surface area contributed by atoms with Crippen molar-refractivity contribution in [3.8, 4) is 11.1 Å². The number of halogens is 1. The average Bonchev–Trinajstić information content (AvgIpc) is 2.91. The number of hydrogen-bond acceptors (Lipinski definition) is 5. The largest absolute Gasteiger partial charge is 0.309 e. The molecule has 2 heterocycles. The zero-order chi connectivity index (χ0) is 15.0. The van der Waals surface area contributed by atoms with Crippen LogP contribution in [0.25, 0.3) is 21.3 Å². The van der Waals surface area contributed by atoms with Crippen LogP contribution in [0.4, 0.5) is 5.69 Å². The summed E-state index contributed by atoms with van der Waals surface area (Å²) in [6, 6.07) is 6.06. The van der Waals surface area contributed by atoms with Crippen LogP contribution in [0.3, 0.4) is 0 Å². The van der Waals surface area contributed by atoms with Crippen LogP contribution in [-0.2, 0) is 5.88 Å². The highest BCUT2D eigenvalue weighted by Crippen LogP contribution is 2.31. The van der Waals surface area contributed by atoms with Crippen LogP contribution in [0.1, 0.15) is 5.82 Å². The summed E-state index contributed by atoms with van der Waals surface area (Å²) >= 11 is 7.02. The van der Waals surface area contributed by atoms with Crippen LogP contribution < -0.4 is 5.56 Å². The Labute approximate surface area is 127 Å². The highest BCUT2D eigenvalue weighted by molar-refractivity contribution is 7.17. The van der Waals surface area contributed by atoms with Gasteiger partial charge in [-0.2, -0.15) is 0 Å². The van der Waals surface area contributed by atoms with Crippen molar-refractivity contribution in [2.45, 2.75) is 5.88 Å². The van der Waals surface area contributed by atoms with Crippen LogP contribution in [0.2, 0.25) is 0 Å². The lowest BCUT2D eigenvalue weighted by Gasteiger charge is -2.00. The summed E-state index contributed by atoms with van der Waals surface area (Å²) in [6.07, 6.45) is 0. The molecule has 1 aromatic carbocycles. The van der Waals surface area contributed by atoms with Crippen LogP contribution in [0.15, 0.2) is 34.4 Å². The van der Waals surface area contributed by atoms with Crippen LogP contribution >= 0.6 is 22.9 Å². The second kappa shape index (κ2) is 5.27. The van der Waals surface area contributed by atoms with Crippen LogP contribution in [0, 0.1) is 10.1 Å². The molecule has 0 radical (unpaired) electrons. The quantitative estimate of drug-likeness (QED) is 0.455. The first-order chi connectivity index (χ1) is 10.1. The Morgan fingerprint density at radius 1 is 1.33 bits per heavy atom. The predicted octanol–water partition coefficient (Wildman–Crippen LogP) is 3.30. The number of benzene rings is 1. The number of hydrogen-bond donors (Lipinski definition) is 1. The summed E-state index contributed by atoms with van der Waals surface area (Å²) in [5.41, 5.74) is 1.19. The lowest BCUT2D eigenvalue weighted by molar-refractivity contribution is -0.384. The summed E-state index contributed by atoms with van der Waals surface area (Å²) in [5.74, 6) is 0.557. The van der Waals surface area contributed by atoms with Gasteiger partial charge in [0.2, 0.25) is 0 Å². The molecule has 3 rings (SSSR count). The number of nitro benzene ring substituents is 1. The zero-order valence-electron chi connectivity index (χ0n) is 10.5. The fraction of sp³-hybridized carbons (Fsp3) is 0.0769. The summed E-state index contributed by atoms with van der Waals surface area (Å²) in [6.45, 7) is 0. The van der Waals surface area contributed by atoms with Crippen molar-refractivity contribution in [2.24, 2.45) is 0 Å². The van der Waals surface area contributed by atoms with Gasteiger partial charge in [0.15, 0.2) is 0 Å². The van der Waals surface area contributed by atoms with Crippen molar-refractivity contribution >= 4 is 38.8 Å². The second-order valence-corrected chi connectivity index (χ2v) is 5.41. The van der Waals surface area contributed by atoms with E-state index >= 15 is 0 Å². The Hall–Kier alpha value is -2.25. The Morgan fingerprint density at radius 3 is 2.67 bits per heavy atom. The van der Waals surface area contributed by atoms with E-state index in [4.69, 9.17) is 11.6 Å². The molecule has 0 amide bonds. The number of alkyl halides is 1. The third kappa shape index (κ3) is 2.41. The van der Waals surface area contributed by atoms with Gasteiger partial charge in [0.25, 0.3) is 11.2 Å². The number of thiophene rings is 1. The van der Waals surface area contributed by atoms with Gasteiger partial charge in [-0.25, -0.2) is 4.98 Å². The van der Waals surface area contributed by atoms with Crippen molar-refractivity contribution < 1.29 is 4.92 Å². The van der Waals surface area contributed by atoms with Crippen LogP contribution in [0.5, 0.6) is 0 Å². The summed E-state index contributed by atoms with van der Waals surface area (Å²) in [5, 5.41) is 13.0. The highest BCUT2D eigenvalue weighted by atomic mass is 35.5. The maximum absolute atomic E-state index is 12.1. The van der Waals surface area contributed by atoms with E-state index in [1.165, 1.54) is 23.5 Å². The molecule has 0 aliphatic heterocycles. The van der Waals surface area contributed by atoms with Crippen molar-refractivity contribution in [2.75, 3.05) is 0 Å². The first-order valence-electron chi connectivity index (χ1n) is 5.91. The first kappa shape index (κ1) is 13.7. The number of nitrogens with zero attached hydrogens (tertiary/aromatic N) is 2. The normalized spacial score (nSPS) is 10.9. The number of H-pyrrole nitrogens is 1. The van der Waals surface area contributed by atoms with E-state index in [0.29, 0.717) is 21.6 Å². The Morgan fingerprint density at radius 2 is 2.05 bits per heavy atom. The molecule has 0 saturated carbocycles. The Balaban J connectivity index is 2.17. The standard InChI is InChI=1S/C13H8ClN3O3S/c14-5-10-15-12(18)11-9(6-21-13(11)16-10)7-1-3-8(4-2-7)17(19)20/h1-4,6H,5H2,(H,15,16,18). The fourth-order valence-corrected chi connectivity index (χ4v) is 3.13. The zero-order valence-corrected chi connectivity index (χ0v) is 12.1. The molecule has 21 heavy (non-hydrogen) atoms.